The van der Waals surface area contributed by atoms with Gasteiger partial charge < -0.3 is 5.32 Å². The fourth-order valence-corrected chi connectivity index (χ4v) is 3.81. The fraction of sp³-hybridized carbons (Fsp3) is 0.250. The summed E-state index contributed by atoms with van der Waals surface area (Å²) in [5, 5.41) is 9.69. The van der Waals surface area contributed by atoms with Gasteiger partial charge in [-0.3, -0.25) is 0 Å². The Bertz CT molecular complexity index is 893. The van der Waals surface area contributed by atoms with Gasteiger partial charge in [-0.05, 0) is 44.4 Å². The topological polar surface area (TPSA) is 29.9 Å². The summed E-state index contributed by atoms with van der Waals surface area (Å²) < 4.78 is 1.94. The molecular weight excluding hydrogens is 353 g/mol. The van der Waals surface area contributed by atoms with Crippen molar-refractivity contribution in [2.24, 2.45) is 0 Å². The van der Waals surface area contributed by atoms with Crippen LogP contribution in [0.4, 0.5) is 5.82 Å². The zero-order chi connectivity index (χ0) is 17.4. The molecule has 0 fully saturated rings. The first-order valence-corrected chi connectivity index (χ1v) is 9.27. The van der Waals surface area contributed by atoms with Crippen molar-refractivity contribution in [3.05, 3.63) is 63.6 Å². The molecule has 0 radical (unpaired) electrons. The second-order valence-electron chi connectivity index (χ2n) is 6.47. The Morgan fingerprint density at radius 2 is 1.72 bits per heavy atom. The van der Waals surface area contributed by atoms with Gasteiger partial charge in [-0.25, -0.2) is 4.68 Å². The van der Waals surface area contributed by atoms with Crippen LogP contribution in [0.3, 0.4) is 0 Å². The average Bonchev–Trinajstić information content (AvgIpc) is 2.77. The van der Waals surface area contributed by atoms with Gasteiger partial charge in [0, 0.05) is 27.7 Å². The molecule has 0 spiro atoms. The van der Waals surface area contributed by atoms with Crippen molar-refractivity contribution in [2.75, 3.05) is 11.9 Å². The average molecular weight is 372 g/mol. The molecule has 0 atom stereocenters. The van der Waals surface area contributed by atoms with Crippen molar-refractivity contribution < 1.29 is 0 Å². The molecule has 0 amide bonds. The third kappa shape index (κ3) is 3.26. The second-order valence-corrected chi connectivity index (χ2v) is 7.34. The van der Waals surface area contributed by atoms with E-state index in [0.29, 0.717) is 10.0 Å². The van der Waals surface area contributed by atoms with Gasteiger partial charge in [0.15, 0.2) is 0 Å². The Hall–Kier alpha value is -1.97. The highest BCUT2D eigenvalue weighted by Gasteiger charge is 2.22. The normalized spacial score (nSPS) is 13.9. The van der Waals surface area contributed by atoms with Crippen LogP contribution in [0.25, 0.3) is 16.9 Å². The van der Waals surface area contributed by atoms with Gasteiger partial charge in [0.1, 0.15) is 5.82 Å². The maximum atomic E-state index is 6.21. The Morgan fingerprint density at radius 3 is 2.44 bits per heavy atom. The first-order chi connectivity index (χ1) is 12.1. The number of fused-ring (bicyclic) bond motifs is 1. The number of hydrogen-bond donors (Lipinski definition) is 1. The van der Waals surface area contributed by atoms with Gasteiger partial charge in [-0.15, -0.1) is 0 Å². The van der Waals surface area contributed by atoms with Gasteiger partial charge >= 0.3 is 0 Å². The quantitative estimate of drug-likeness (QED) is 0.607. The van der Waals surface area contributed by atoms with E-state index in [1.165, 1.54) is 11.1 Å². The molecule has 2 heterocycles. The highest BCUT2D eigenvalue weighted by atomic mass is 35.5. The molecular formula is C20H19Cl2N3. The summed E-state index contributed by atoms with van der Waals surface area (Å²) in [5.74, 6) is 1.05. The molecule has 5 heteroatoms. The van der Waals surface area contributed by atoms with E-state index in [0.717, 1.165) is 48.6 Å². The van der Waals surface area contributed by atoms with Crippen molar-refractivity contribution >= 4 is 29.0 Å². The summed E-state index contributed by atoms with van der Waals surface area (Å²) in [6.45, 7) is 3.04. The first kappa shape index (κ1) is 16.5. The fourth-order valence-electron chi connectivity index (χ4n) is 3.29. The van der Waals surface area contributed by atoms with E-state index in [1.54, 1.807) is 6.07 Å². The molecule has 0 bridgehead atoms. The summed E-state index contributed by atoms with van der Waals surface area (Å²) in [6.07, 6.45) is 3.32. The number of aryl methyl sites for hydroxylation is 1. The smallest absolute Gasteiger partial charge is 0.133 e. The van der Waals surface area contributed by atoms with Gasteiger partial charge in [0.25, 0.3) is 0 Å². The molecule has 0 aliphatic carbocycles. The minimum absolute atomic E-state index is 0.609. The third-order valence-corrected chi connectivity index (χ3v) is 4.98. The van der Waals surface area contributed by atoms with Crippen LogP contribution < -0.4 is 5.32 Å². The summed E-state index contributed by atoms with van der Waals surface area (Å²) in [7, 11) is 0. The number of anilines is 1. The van der Waals surface area contributed by atoms with Crippen LogP contribution in [0.2, 0.25) is 10.0 Å². The first-order valence-electron chi connectivity index (χ1n) is 8.51. The van der Waals surface area contributed by atoms with Crippen molar-refractivity contribution in [2.45, 2.75) is 26.2 Å². The maximum Gasteiger partial charge on any atom is 0.133 e. The van der Waals surface area contributed by atoms with Crippen molar-refractivity contribution in [1.82, 2.24) is 9.78 Å². The second kappa shape index (κ2) is 6.74. The van der Waals surface area contributed by atoms with E-state index in [9.17, 15) is 0 Å². The van der Waals surface area contributed by atoms with Crippen LogP contribution in [0.5, 0.6) is 0 Å². The molecule has 0 saturated carbocycles. The van der Waals surface area contributed by atoms with Crippen molar-refractivity contribution in [3.8, 4) is 16.9 Å². The van der Waals surface area contributed by atoms with Crippen LogP contribution in [0, 0.1) is 6.92 Å². The predicted octanol–water partition coefficient (Wildman–Crippen LogP) is 5.90. The van der Waals surface area contributed by atoms with E-state index >= 15 is 0 Å². The largest absolute Gasteiger partial charge is 0.370 e. The van der Waals surface area contributed by atoms with Gasteiger partial charge in [0.05, 0.1) is 11.4 Å². The predicted molar refractivity (Wildman–Crippen MR) is 105 cm³/mol. The number of aromatic nitrogens is 2. The van der Waals surface area contributed by atoms with Gasteiger partial charge in [-0.1, -0.05) is 53.0 Å². The van der Waals surface area contributed by atoms with Crippen LogP contribution in [-0.4, -0.2) is 16.3 Å². The number of nitrogens with zero attached hydrogens (tertiary/aromatic N) is 2. The van der Waals surface area contributed by atoms with E-state index in [2.05, 4.69) is 36.5 Å². The minimum atomic E-state index is 0.609. The Labute approximate surface area is 157 Å². The molecule has 128 valence electrons. The molecule has 1 aromatic heterocycles. The van der Waals surface area contributed by atoms with Gasteiger partial charge in [-0.2, -0.15) is 5.10 Å². The minimum Gasteiger partial charge on any atom is -0.370 e. The van der Waals surface area contributed by atoms with E-state index < -0.39 is 0 Å². The molecule has 1 aliphatic heterocycles. The lowest BCUT2D eigenvalue weighted by Gasteiger charge is -2.10. The molecule has 3 aromatic rings. The van der Waals surface area contributed by atoms with E-state index in [-0.39, 0.29) is 0 Å². The van der Waals surface area contributed by atoms with Crippen molar-refractivity contribution in [3.63, 3.8) is 0 Å². The zero-order valence-corrected chi connectivity index (χ0v) is 15.5. The van der Waals surface area contributed by atoms with Crippen LogP contribution in [0.15, 0.2) is 42.5 Å². The molecule has 0 unspecified atom stereocenters. The Balaban J connectivity index is 1.91. The molecule has 3 nitrogen and oxygen atoms in total. The molecule has 4 rings (SSSR count). The molecule has 25 heavy (non-hydrogen) atoms. The Kier molecular flexibility index (Phi) is 4.45. The number of nitrogens with one attached hydrogen (secondary N) is 1. The summed E-state index contributed by atoms with van der Waals surface area (Å²) in [6, 6.07) is 14.1. The van der Waals surface area contributed by atoms with Crippen molar-refractivity contribution in [1.29, 1.82) is 0 Å². The van der Waals surface area contributed by atoms with Crippen LogP contribution >= 0.6 is 23.2 Å². The standard InChI is InChI=1S/C20H19Cl2N3/c1-13-5-7-14(8-6-13)19-18-4-2-3-9-23-20(18)25(24-19)17-11-15(21)10-16(22)12-17/h5-8,10-12,23H,2-4,9H2,1H3. The summed E-state index contributed by atoms with van der Waals surface area (Å²) in [4.78, 5) is 0. The lowest BCUT2D eigenvalue weighted by atomic mass is 10.0. The van der Waals surface area contributed by atoms with E-state index in [4.69, 9.17) is 28.3 Å². The number of rotatable bonds is 2. The van der Waals surface area contributed by atoms with Gasteiger partial charge in [0.2, 0.25) is 0 Å². The van der Waals surface area contributed by atoms with Crippen LogP contribution in [0.1, 0.15) is 24.0 Å². The highest BCUT2D eigenvalue weighted by molar-refractivity contribution is 6.34. The van der Waals surface area contributed by atoms with E-state index in [1.807, 2.05) is 16.8 Å². The lowest BCUT2D eigenvalue weighted by molar-refractivity contribution is 0.780. The SMILES string of the molecule is Cc1ccc(-c2nn(-c3cc(Cl)cc(Cl)c3)c3c2CCCCN3)cc1. The number of benzene rings is 2. The van der Waals surface area contributed by atoms with Crippen LogP contribution in [-0.2, 0) is 6.42 Å². The summed E-state index contributed by atoms with van der Waals surface area (Å²) in [5.41, 5.74) is 5.55. The number of hydrogen-bond acceptors (Lipinski definition) is 2. The third-order valence-electron chi connectivity index (χ3n) is 4.55. The molecule has 0 saturated heterocycles. The molecule has 1 N–H and O–H groups in total. The maximum absolute atomic E-state index is 6.21. The highest BCUT2D eigenvalue weighted by Crippen LogP contribution is 2.35. The number of halogens is 2. The molecule has 2 aromatic carbocycles. The summed E-state index contributed by atoms with van der Waals surface area (Å²) >= 11 is 12.4. The molecule has 1 aliphatic rings. The monoisotopic (exact) mass is 371 g/mol. The zero-order valence-electron chi connectivity index (χ0n) is 14.0. The lowest BCUT2D eigenvalue weighted by Crippen LogP contribution is -2.07. The Morgan fingerprint density at radius 1 is 1.00 bits per heavy atom.